The number of aromatic nitrogens is 3. The molecule has 150 valence electrons. The van der Waals surface area contributed by atoms with Gasteiger partial charge in [-0.3, -0.25) is 0 Å². The van der Waals surface area contributed by atoms with Crippen LogP contribution in [0, 0.1) is 18.6 Å². The average molecular weight is 484 g/mol. The van der Waals surface area contributed by atoms with Crippen LogP contribution in [-0.2, 0) is 0 Å². The number of hydrogen-bond donors (Lipinski definition) is 0. The first-order chi connectivity index (χ1) is 13.0. The van der Waals surface area contributed by atoms with Gasteiger partial charge < -0.3 is 0 Å². The van der Waals surface area contributed by atoms with Crippen LogP contribution in [0.5, 0.6) is 0 Å². The van der Waals surface area contributed by atoms with E-state index in [0.717, 1.165) is 11.8 Å². The van der Waals surface area contributed by atoms with Crippen LogP contribution in [-0.4, -0.2) is 33.4 Å². The Bertz CT molecular complexity index is 708. The van der Waals surface area contributed by atoms with Crippen molar-refractivity contribution in [3.05, 3.63) is 35.5 Å². The van der Waals surface area contributed by atoms with E-state index in [0.29, 0.717) is 0 Å². The number of unbranched alkanes of at least 4 members (excludes halogenated alkanes) is 3. The molecule has 27 heavy (non-hydrogen) atoms. The molecule has 2 rings (SSSR count). The van der Waals surface area contributed by atoms with Gasteiger partial charge in [-0.1, -0.05) is 0 Å². The van der Waals surface area contributed by atoms with Crippen molar-refractivity contribution in [2.45, 2.75) is 79.5 Å². The molecule has 0 atom stereocenters. The number of rotatable bonds is 11. The first kappa shape index (κ1) is 22.3. The second-order valence-corrected chi connectivity index (χ2v) is 20.6. The van der Waals surface area contributed by atoms with Gasteiger partial charge >= 0.3 is 167 Å². The molecule has 3 nitrogen and oxygen atoms in total. The van der Waals surface area contributed by atoms with Crippen molar-refractivity contribution >= 4 is 22.1 Å². The molecule has 0 saturated heterocycles. The van der Waals surface area contributed by atoms with E-state index in [1.165, 1.54) is 67.7 Å². The normalized spacial score (nSPS) is 11.9. The van der Waals surface area contributed by atoms with Gasteiger partial charge in [0.25, 0.3) is 0 Å². The first-order valence-electron chi connectivity index (χ1n) is 10.4. The second-order valence-electron chi connectivity index (χ2n) is 7.62. The van der Waals surface area contributed by atoms with Crippen LogP contribution in [0.3, 0.4) is 0 Å². The quantitative estimate of drug-likeness (QED) is 0.372. The standard InChI is InChI=1S/C9H6F2N3.3C4H9.Sn/c1-6-5-12-13-14(6)9-3-2-7(10)4-8(9)11;3*1-3-4-2;/h2-4H,1H3;3*1,3-4H2,2H3;. The van der Waals surface area contributed by atoms with Crippen LogP contribution in [0.2, 0.25) is 13.3 Å². The molecule has 0 radical (unpaired) electrons. The van der Waals surface area contributed by atoms with Crippen molar-refractivity contribution < 1.29 is 8.78 Å². The van der Waals surface area contributed by atoms with Crippen molar-refractivity contribution in [1.29, 1.82) is 0 Å². The fourth-order valence-electron chi connectivity index (χ4n) is 3.98. The van der Waals surface area contributed by atoms with Crippen LogP contribution in [0.25, 0.3) is 5.69 Å². The summed E-state index contributed by atoms with van der Waals surface area (Å²) in [5, 5.41) is 8.96. The van der Waals surface area contributed by atoms with Crippen molar-refractivity contribution in [3.8, 4) is 5.69 Å². The maximum absolute atomic E-state index is 14.3. The Balaban J connectivity index is 2.49. The van der Waals surface area contributed by atoms with Crippen molar-refractivity contribution in [1.82, 2.24) is 15.0 Å². The molecule has 0 amide bonds. The molecular weight excluding hydrogens is 451 g/mol. The summed E-state index contributed by atoms with van der Waals surface area (Å²) in [6, 6.07) is 3.65. The number of benzene rings is 1. The Morgan fingerprint density at radius 3 is 1.96 bits per heavy atom. The zero-order chi connectivity index (χ0) is 19.9. The molecule has 0 saturated carbocycles. The van der Waals surface area contributed by atoms with Gasteiger partial charge in [-0.05, 0) is 0 Å². The van der Waals surface area contributed by atoms with Gasteiger partial charge in [0.05, 0.1) is 0 Å². The summed E-state index contributed by atoms with van der Waals surface area (Å²) in [6.45, 7) is 8.74. The predicted octanol–water partition coefficient (Wildman–Crippen LogP) is 5.91. The molecule has 0 fully saturated rings. The van der Waals surface area contributed by atoms with Crippen LogP contribution in [0.1, 0.15) is 65.0 Å². The minimum absolute atomic E-state index is 0.286. The maximum atomic E-state index is 14.3. The molecule has 6 heteroatoms. The van der Waals surface area contributed by atoms with Crippen LogP contribution in [0.15, 0.2) is 18.2 Å². The average Bonchev–Trinajstić information content (AvgIpc) is 3.03. The molecule has 1 aromatic heterocycles. The summed E-state index contributed by atoms with van der Waals surface area (Å²) >= 11 is -2.73. The molecular formula is C21H33F2N3Sn. The fraction of sp³-hybridized carbons (Fsp3) is 0.619. The molecule has 0 aliphatic heterocycles. The number of hydrogen-bond acceptors (Lipinski definition) is 2. The number of nitrogens with zero attached hydrogens (tertiary/aromatic N) is 3. The van der Waals surface area contributed by atoms with Gasteiger partial charge in [0, 0.05) is 0 Å². The van der Waals surface area contributed by atoms with E-state index in [2.05, 4.69) is 31.1 Å². The molecule has 1 aromatic carbocycles. The third-order valence-electron chi connectivity index (χ3n) is 5.56. The van der Waals surface area contributed by atoms with Gasteiger partial charge in [-0.25, -0.2) is 0 Å². The third kappa shape index (κ3) is 5.30. The molecule has 0 aliphatic rings. The minimum atomic E-state index is -2.73. The molecule has 0 unspecified atom stereocenters. The summed E-state index contributed by atoms with van der Waals surface area (Å²) in [7, 11) is 0. The Hall–Kier alpha value is -0.981. The van der Waals surface area contributed by atoms with Crippen LogP contribution >= 0.6 is 0 Å². The first-order valence-corrected chi connectivity index (χ1v) is 17.9. The van der Waals surface area contributed by atoms with Gasteiger partial charge in [-0.2, -0.15) is 0 Å². The van der Waals surface area contributed by atoms with E-state index in [1.54, 1.807) is 4.68 Å². The van der Waals surface area contributed by atoms with Gasteiger partial charge in [0.2, 0.25) is 0 Å². The monoisotopic (exact) mass is 485 g/mol. The van der Waals surface area contributed by atoms with Crippen molar-refractivity contribution in [2.75, 3.05) is 0 Å². The van der Waals surface area contributed by atoms with E-state index in [4.69, 9.17) is 0 Å². The summed E-state index contributed by atoms with van der Waals surface area (Å²) in [4.78, 5) is 0. The Labute approximate surface area is 166 Å². The van der Waals surface area contributed by atoms with E-state index < -0.39 is 30.0 Å². The zero-order valence-electron chi connectivity index (χ0n) is 17.2. The molecule has 2 aromatic rings. The number of halogens is 2. The van der Waals surface area contributed by atoms with E-state index in [-0.39, 0.29) is 5.69 Å². The molecule has 0 aliphatic carbocycles. The van der Waals surface area contributed by atoms with Crippen molar-refractivity contribution in [2.24, 2.45) is 0 Å². The molecule has 0 spiro atoms. The predicted molar refractivity (Wildman–Crippen MR) is 111 cm³/mol. The van der Waals surface area contributed by atoms with Gasteiger partial charge in [0.15, 0.2) is 0 Å². The SMILES string of the molecule is CCC[CH2][Sn]([CH2]CCC)([CH2]CCC)[c]1nnn(-c2ccc(F)cc2F)c1C. The summed E-state index contributed by atoms with van der Waals surface area (Å²) in [5.74, 6) is -1.16. The second kappa shape index (κ2) is 10.5. The summed E-state index contributed by atoms with van der Waals surface area (Å²) < 4.78 is 34.3. The van der Waals surface area contributed by atoms with Crippen LogP contribution < -0.4 is 3.71 Å². The topological polar surface area (TPSA) is 30.7 Å². The van der Waals surface area contributed by atoms with Gasteiger partial charge in [-0.15, -0.1) is 0 Å². The Kier molecular flexibility index (Phi) is 8.70. The zero-order valence-corrected chi connectivity index (χ0v) is 20.0. The van der Waals surface area contributed by atoms with Crippen LogP contribution in [0.4, 0.5) is 8.78 Å². The molecule has 1 heterocycles. The molecule has 0 bridgehead atoms. The third-order valence-corrected chi connectivity index (χ3v) is 21.0. The van der Waals surface area contributed by atoms with E-state index in [1.807, 2.05) is 6.92 Å². The van der Waals surface area contributed by atoms with Crippen molar-refractivity contribution in [3.63, 3.8) is 0 Å². The fourth-order valence-corrected chi connectivity index (χ4v) is 20.2. The summed E-state index contributed by atoms with van der Waals surface area (Å²) in [6.07, 6.45) is 7.28. The van der Waals surface area contributed by atoms with E-state index >= 15 is 0 Å². The van der Waals surface area contributed by atoms with E-state index in [9.17, 15) is 8.78 Å². The summed E-state index contributed by atoms with van der Waals surface area (Å²) in [5.41, 5.74) is 1.24. The Morgan fingerprint density at radius 2 is 1.48 bits per heavy atom. The Morgan fingerprint density at radius 1 is 0.926 bits per heavy atom. The molecule has 0 N–H and O–H groups in total. The van der Waals surface area contributed by atoms with Gasteiger partial charge in [0.1, 0.15) is 0 Å².